The van der Waals surface area contributed by atoms with E-state index in [2.05, 4.69) is 15.4 Å². The first-order chi connectivity index (χ1) is 13.0. The predicted octanol–water partition coefficient (Wildman–Crippen LogP) is 1.53. The lowest BCUT2D eigenvalue weighted by Crippen LogP contribution is -2.58. The van der Waals surface area contributed by atoms with E-state index in [0.29, 0.717) is 30.9 Å². The molecular formula is C20H21N5O2. The molecule has 27 heavy (non-hydrogen) atoms. The van der Waals surface area contributed by atoms with Crippen molar-refractivity contribution in [1.29, 1.82) is 0 Å². The Hall–Kier alpha value is -3.22. The second-order valence-electron chi connectivity index (χ2n) is 6.83. The summed E-state index contributed by atoms with van der Waals surface area (Å²) in [5, 5.41) is 7.24. The molecule has 3 aromatic rings. The van der Waals surface area contributed by atoms with E-state index >= 15 is 0 Å². The summed E-state index contributed by atoms with van der Waals surface area (Å²) >= 11 is 0. The van der Waals surface area contributed by atoms with Crippen molar-refractivity contribution in [2.24, 2.45) is 0 Å². The molecule has 0 aliphatic carbocycles. The molecule has 1 N–H and O–H groups in total. The van der Waals surface area contributed by atoms with Gasteiger partial charge in [0.2, 0.25) is 5.91 Å². The Balaban J connectivity index is 1.67. The first-order valence-electron chi connectivity index (χ1n) is 8.99. The maximum Gasteiger partial charge on any atom is 0.273 e. The van der Waals surface area contributed by atoms with Crippen molar-refractivity contribution in [2.45, 2.75) is 26.3 Å². The summed E-state index contributed by atoms with van der Waals surface area (Å²) in [6, 6.07) is 12.8. The van der Waals surface area contributed by atoms with Crippen molar-refractivity contribution in [3.05, 3.63) is 65.1 Å². The largest absolute Gasteiger partial charge is 0.353 e. The second-order valence-corrected chi connectivity index (χ2v) is 6.83. The smallest absolute Gasteiger partial charge is 0.273 e. The summed E-state index contributed by atoms with van der Waals surface area (Å²) in [7, 11) is 0. The molecule has 3 heterocycles. The van der Waals surface area contributed by atoms with E-state index in [1.807, 2.05) is 50.2 Å². The molecule has 2 aromatic heterocycles. The number of fused-ring (bicyclic) bond motifs is 1. The van der Waals surface area contributed by atoms with Crippen molar-refractivity contribution in [1.82, 2.24) is 24.8 Å². The number of hydrogen-bond acceptors (Lipinski definition) is 4. The van der Waals surface area contributed by atoms with Crippen LogP contribution in [0.1, 0.15) is 27.4 Å². The van der Waals surface area contributed by atoms with Crippen LogP contribution in [0.15, 0.2) is 42.5 Å². The van der Waals surface area contributed by atoms with Gasteiger partial charge in [-0.3, -0.25) is 9.59 Å². The van der Waals surface area contributed by atoms with Crippen molar-refractivity contribution < 1.29 is 9.59 Å². The molecule has 0 saturated carbocycles. The highest BCUT2D eigenvalue weighted by atomic mass is 16.2. The van der Waals surface area contributed by atoms with Crippen molar-refractivity contribution in [3.8, 4) is 0 Å². The van der Waals surface area contributed by atoms with Gasteiger partial charge in [0.1, 0.15) is 11.7 Å². The number of nitrogens with zero attached hydrogens (tertiary/aromatic N) is 4. The van der Waals surface area contributed by atoms with Crippen LogP contribution in [0.4, 0.5) is 0 Å². The van der Waals surface area contributed by atoms with Gasteiger partial charge >= 0.3 is 0 Å². The number of aromatic nitrogens is 3. The van der Waals surface area contributed by atoms with Crippen LogP contribution >= 0.6 is 0 Å². The summed E-state index contributed by atoms with van der Waals surface area (Å²) in [5.74, 6) is -0.355. The highest BCUT2D eigenvalue weighted by Crippen LogP contribution is 2.17. The highest BCUT2D eigenvalue weighted by Gasteiger charge is 2.34. The summed E-state index contributed by atoms with van der Waals surface area (Å²) in [5.41, 5.74) is 3.67. The molecule has 7 nitrogen and oxygen atoms in total. The maximum atomic E-state index is 13.2. The van der Waals surface area contributed by atoms with E-state index in [1.165, 1.54) is 0 Å². The Morgan fingerprint density at radius 3 is 2.78 bits per heavy atom. The van der Waals surface area contributed by atoms with Crippen LogP contribution in [0.5, 0.6) is 0 Å². The van der Waals surface area contributed by atoms with Crippen molar-refractivity contribution in [3.63, 3.8) is 0 Å². The summed E-state index contributed by atoms with van der Waals surface area (Å²) < 4.78 is 1.72. The number of aryl methyl sites for hydroxylation is 2. The Kier molecular flexibility index (Phi) is 4.35. The lowest BCUT2D eigenvalue weighted by molar-refractivity contribution is -0.127. The summed E-state index contributed by atoms with van der Waals surface area (Å²) in [6.07, 6.45) is 0.478. The van der Waals surface area contributed by atoms with Crippen LogP contribution in [0.2, 0.25) is 0 Å². The maximum absolute atomic E-state index is 13.2. The molecule has 0 radical (unpaired) electrons. The fourth-order valence-electron chi connectivity index (χ4n) is 3.49. The molecule has 1 aromatic carbocycles. The normalized spacial score (nSPS) is 17.2. The molecule has 0 spiro atoms. The molecule has 1 unspecified atom stereocenters. The van der Waals surface area contributed by atoms with Gasteiger partial charge in [-0.15, -0.1) is 0 Å². The van der Waals surface area contributed by atoms with Crippen LogP contribution in [-0.4, -0.2) is 50.4 Å². The monoisotopic (exact) mass is 363 g/mol. The van der Waals surface area contributed by atoms with E-state index in [0.717, 1.165) is 17.0 Å². The molecular weight excluding hydrogens is 342 g/mol. The summed E-state index contributed by atoms with van der Waals surface area (Å²) in [4.78, 5) is 31.8. The minimum absolute atomic E-state index is 0.128. The van der Waals surface area contributed by atoms with Gasteiger partial charge in [0.25, 0.3) is 5.91 Å². The minimum atomic E-state index is -0.543. The number of rotatable bonds is 3. The number of nitrogens with one attached hydrogen (secondary N) is 1. The molecule has 1 atom stereocenters. The molecule has 1 aliphatic rings. The average molecular weight is 363 g/mol. The third-order valence-corrected chi connectivity index (χ3v) is 4.81. The van der Waals surface area contributed by atoms with Crippen LogP contribution in [0.3, 0.4) is 0 Å². The SMILES string of the molecule is Cc1cc2nc(C(=O)N3CCNC(=O)C3Cc3ccccc3)cc(C)n2n1. The second kappa shape index (κ2) is 6.83. The van der Waals surface area contributed by atoms with Crippen molar-refractivity contribution >= 4 is 17.5 Å². The lowest BCUT2D eigenvalue weighted by Gasteiger charge is -2.35. The Labute approximate surface area is 157 Å². The zero-order chi connectivity index (χ0) is 19.0. The van der Waals surface area contributed by atoms with E-state index in [1.54, 1.807) is 15.5 Å². The number of carbonyl (C=O) groups is 2. The van der Waals surface area contributed by atoms with Gasteiger partial charge in [0.05, 0.1) is 5.69 Å². The van der Waals surface area contributed by atoms with E-state index in [-0.39, 0.29) is 11.8 Å². The zero-order valence-corrected chi connectivity index (χ0v) is 15.3. The van der Waals surface area contributed by atoms with Gasteiger partial charge in [0.15, 0.2) is 5.65 Å². The van der Waals surface area contributed by atoms with Gasteiger partial charge < -0.3 is 10.2 Å². The Bertz CT molecular complexity index is 1010. The molecule has 1 aliphatic heterocycles. The molecule has 4 rings (SSSR count). The van der Waals surface area contributed by atoms with Gasteiger partial charge in [0, 0.05) is 31.3 Å². The topological polar surface area (TPSA) is 79.6 Å². The standard InChI is InChI=1S/C20H21N5O2/c1-13-10-18-22-16(11-14(2)25(18)23-13)20(27)24-9-8-21-19(26)17(24)12-15-6-4-3-5-7-15/h3-7,10-11,17H,8-9,12H2,1-2H3,(H,21,26). The summed E-state index contributed by atoms with van der Waals surface area (Å²) in [6.45, 7) is 4.69. The molecule has 0 bridgehead atoms. The zero-order valence-electron chi connectivity index (χ0n) is 15.3. The third-order valence-electron chi connectivity index (χ3n) is 4.81. The molecule has 7 heteroatoms. The van der Waals surface area contributed by atoms with Gasteiger partial charge in [-0.25, -0.2) is 9.50 Å². The van der Waals surface area contributed by atoms with Gasteiger partial charge in [-0.05, 0) is 25.5 Å². The quantitative estimate of drug-likeness (QED) is 0.765. The first kappa shape index (κ1) is 17.2. The Morgan fingerprint density at radius 2 is 2.00 bits per heavy atom. The van der Waals surface area contributed by atoms with E-state index < -0.39 is 6.04 Å². The van der Waals surface area contributed by atoms with Crippen LogP contribution in [0.25, 0.3) is 5.65 Å². The third kappa shape index (κ3) is 3.28. The predicted molar refractivity (Wildman–Crippen MR) is 100 cm³/mol. The van der Waals surface area contributed by atoms with Gasteiger partial charge in [-0.2, -0.15) is 5.10 Å². The molecule has 2 amide bonds. The number of carbonyl (C=O) groups excluding carboxylic acids is 2. The lowest BCUT2D eigenvalue weighted by atomic mass is 10.0. The van der Waals surface area contributed by atoms with E-state index in [9.17, 15) is 9.59 Å². The number of hydrogen-bond donors (Lipinski definition) is 1. The number of benzene rings is 1. The van der Waals surface area contributed by atoms with Crippen LogP contribution < -0.4 is 5.32 Å². The van der Waals surface area contributed by atoms with Crippen LogP contribution in [-0.2, 0) is 11.2 Å². The van der Waals surface area contributed by atoms with Crippen molar-refractivity contribution in [2.75, 3.05) is 13.1 Å². The fourth-order valence-corrected chi connectivity index (χ4v) is 3.49. The van der Waals surface area contributed by atoms with Gasteiger partial charge in [-0.1, -0.05) is 30.3 Å². The van der Waals surface area contributed by atoms with E-state index in [4.69, 9.17) is 0 Å². The average Bonchev–Trinajstić information content (AvgIpc) is 3.04. The number of piperazine rings is 1. The highest BCUT2D eigenvalue weighted by molar-refractivity contribution is 5.97. The Morgan fingerprint density at radius 1 is 1.22 bits per heavy atom. The molecule has 1 fully saturated rings. The van der Waals surface area contributed by atoms with Crippen LogP contribution in [0, 0.1) is 13.8 Å². The molecule has 138 valence electrons. The fraction of sp³-hybridized carbons (Fsp3) is 0.300. The molecule has 1 saturated heterocycles. The number of amides is 2. The first-order valence-corrected chi connectivity index (χ1v) is 8.99. The minimum Gasteiger partial charge on any atom is -0.353 e.